The molecule has 1 aromatic rings. The minimum Gasteiger partial charge on any atom is -0.490 e. The fraction of sp³-hybridized carbons (Fsp3) is 0.467. The Hall–Kier alpha value is -1.39. The molecule has 0 aromatic heterocycles. The first kappa shape index (κ1) is 15.7. The van der Waals surface area contributed by atoms with E-state index in [-0.39, 0.29) is 5.82 Å². The van der Waals surface area contributed by atoms with Crippen LogP contribution < -0.4 is 10.1 Å². The molecular formula is C15H22FNO2. The second-order valence-corrected chi connectivity index (χ2v) is 4.45. The Morgan fingerprint density at radius 3 is 2.84 bits per heavy atom. The van der Waals surface area contributed by atoms with E-state index in [1.807, 2.05) is 13.0 Å². The largest absolute Gasteiger partial charge is 0.490 e. The van der Waals surface area contributed by atoms with Gasteiger partial charge in [-0.05, 0) is 13.0 Å². The van der Waals surface area contributed by atoms with Crippen molar-refractivity contribution in [2.45, 2.75) is 19.9 Å². The van der Waals surface area contributed by atoms with Crippen LogP contribution in [0, 0.1) is 5.82 Å². The number of methoxy groups -OCH3 is 1. The van der Waals surface area contributed by atoms with Crippen LogP contribution in [-0.2, 0) is 11.3 Å². The van der Waals surface area contributed by atoms with E-state index >= 15 is 0 Å². The highest BCUT2D eigenvalue weighted by atomic mass is 19.1. The van der Waals surface area contributed by atoms with E-state index in [0.29, 0.717) is 25.5 Å². The van der Waals surface area contributed by atoms with Gasteiger partial charge in [0, 0.05) is 32.2 Å². The molecule has 0 aliphatic carbocycles. The standard InChI is InChI=1S/C15H22FNO2/c1-12(2)7-9-19-15-13(5-4-6-14(15)16)11-17-8-10-18-3/h4-6,17H,1,7-11H2,2-3H3. The molecule has 1 aromatic carbocycles. The molecule has 0 aliphatic rings. The molecule has 0 unspecified atom stereocenters. The first-order valence-corrected chi connectivity index (χ1v) is 6.39. The van der Waals surface area contributed by atoms with Crippen molar-refractivity contribution in [2.75, 3.05) is 26.9 Å². The molecule has 0 heterocycles. The van der Waals surface area contributed by atoms with E-state index in [2.05, 4.69) is 11.9 Å². The summed E-state index contributed by atoms with van der Waals surface area (Å²) in [5.41, 5.74) is 1.84. The lowest BCUT2D eigenvalue weighted by Crippen LogP contribution is -2.19. The molecule has 0 saturated heterocycles. The van der Waals surface area contributed by atoms with Crippen LogP contribution in [0.25, 0.3) is 0 Å². The molecular weight excluding hydrogens is 245 g/mol. The zero-order chi connectivity index (χ0) is 14.1. The number of nitrogens with one attached hydrogen (secondary N) is 1. The van der Waals surface area contributed by atoms with Crippen LogP contribution >= 0.6 is 0 Å². The summed E-state index contributed by atoms with van der Waals surface area (Å²) in [6.45, 7) is 8.08. The lowest BCUT2D eigenvalue weighted by Gasteiger charge is -2.13. The molecule has 0 aliphatic heterocycles. The molecule has 0 radical (unpaired) electrons. The Labute approximate surface area is 114 Å². The van der Waals surface area contributed by atoms with Gasteiger partial charge >= 0.3 is 0 Å². The highest BCUT2D eigenvalue weighted by Crippen LogP contribution is 2.23. The number of ether oxygens (including phenoxy) is 2. The Morgan fingerprint density at radius 1 is 1.37 bits per heavy atom. The number of rotatable bonds is 9. The summed E-state index contributed by atoms with van der Waals surface area (Å²) in [5.74, 6) is 0.00132. The SMILES string of the molecule is C=C(C)CCOc1c(F)cccc1CNCCOC. The molecule has 0 amide bonds. The van der Waals surface area contributed by atoms with Gasteiger partial charge in [0.2, 0.25) is 0 Å². The number of hydrogen-bond donors (Lipinski definition) is 1. The van der Waals surface area contributed by atoms with Gasteiger partial charge in [-0.2, -0.15) is 0 Å². The molecule has 1 N–H and O–H groups in total. The molecule has 0 spiro atoms. The second-order valence-electron chi connectivity index (χ2n) is 4.45. The lowest BCUT2D eigenvalue weighted by molar-refractivity contribution is 0.199. The zero-order valence-electron chi connectivity index (χ0n) is 11.7. The molecule has 1 rings (SSSR count). The van der Waals surface area contributed by atoms with E-state index in [0.717, 1.165) is 24.1 Å². The summed E-state index contributed by atoms with van der Waals surface area (Å²) in [7, 11) is 1.65. The van der Waals surface area contributed by atoms with E-state index in [1.165, 1.54) is 6.07 Å². The van der Waals surface area contributed by atoms with E-state index in [1.54, 1.807) is 13.2 Å². The average Bonchev–Trinajstić information content (AvgIpc) is 2.37. The first-order valence-electron chi connectivity index (χ1n) is 6.39. The summed E-state index contributed by atoms with van der Waals surface area (Å²) in [6.07, 6.45) is 0.727. The predicted molar refractivity (Wildman–Crippen MR) is 74.9 cm³/mol. The molecule has 0 atom stereocenters. The Morgan fingerprint density at radius 2 is 2.16 bits per heavy atom. The Kier molecular flexibility index (Phi) is 7.15. The third kappa shape index (κ3) is 5.85. The van der Waals surface area contributed by atoms with Crippen LogP contribution in [0.2, 0.25) is 0 Å². The van der Waals surface area contributed by atoms with Crippen molar-refractivity contribution in [3.8, 4) is 5.75 Å². The smallest absolute Gasteiger partial charge is 0.165 e. The third-order valence-corrected chi connectivity index (χ3v) is 2.62. The van der Waals surface area contributed by atoms with Crippen molar-refractivity contribution >= 4 is 0 Å². The van der Waals surface area contributed by atoms with Crippen molar-refractivity contribution in [1.29, 1.82) is 0 Å². The molecule has 0 fully saturated rings. The average molecular weight is 267 g/mol. The molecule has 106 valence electrons. The highest BCUT2D eigenvalue weighted by Gasteiger charge is 2.09. The van der Waals surface area contributed by atoms with Crippen molar-refractivity contribution < 1.29 is 13.9 Å². The quantitative estimate of drug-likeness (QED) is 0.551. The Bertz CT molecular complexity index is 407. The van der Waals surface area contributed by atoms with Gasteiger partial charge in [-0.3, -0.25) is 0 Å². The van der Waals surface area contributed by atoms with Gasteiger partial charge in [0.1, 0.15) is 0 Å². The summed E-state index contributed by atoms with van der Waals surface area (Å²) in [5, 5.41) is 3.18. The molecule has 4 heteroatoms. The van der Waals surface area contributed by atoms with Crippen LogP contribution in [-0.4, -0.2) is 26.9 Å². The minimum absolute atomic E-state index is 0.326. The van der Waals surface area contributed by atoms with Crippen molar-refractivity contribution in [2.24, 2.45) is 0 Å². The first-order chi connectivity index (χ1) is 9.15. The number of hydrogen-bond acceptors (Lipinski definition) is 3. The predicted octanol–water partition coefficient (Wildman–Crippen LogP) is 2.91. The monoisotopic (exact) mass is 267 g/mol. The van der Waals surface area contributed by atoms with E-state index in [9.17, 15) is 4.39 Å². The van der Waals surface area contributed by atoms with Crippen molar-refractivity contribution in [3.05, 3.63) is 41.7 Å². The van der Waals surface area contributed by atoms with Crippen LogP contribution in [0.3, 0.4) is 0 Å². The van der Waals surface area contributed by atoms with Crippen LogP contribution in [0.5, 0.6) is 5.75 Å². The maximum absolute atomic E-state index is 13.8. The molecule has 0 saturated carbocycles. The minimum atomic E-state index is -0.326. The third-order valence-electron chi connectivity index (χ3n) is 2.62. The van der Waals surface area contributed by atoms with Crippen LogP contribution in [0.1, 0.15) is 18.9 Å². The van der Waals surface area contributed by atoms with Crippen LogP contribution in [0.4, 0.5) is 4.39 Å². The van der Waals surface area contributed by atoms with Crippen LogP contribution in [0.15, 0.2) is 30.4 Å². The highest BCUT2D eigenvalue weighted by molar-refractivity contribution is 5.34. The van der Waals surface area contributed by atoms with Gasteiger partial charge in [-0.1, -0.05) is 17.7 Å². The number of para-hydroxylation sites is 1. The number of halogens is 1. The van der Waals surface area contributed by atoms with Gasteiger partial charge in [-0.15, -0.1) is 6.58 Å². The number of benzene rings is 1. The summed E-state index contributed by atoms with van der Waals surface area (Å²) in [4.78, 5) is 0. The van der Waals surface area contributed by atoms with Crippen molar-refractivity contribution in [3.63, 3.8) is 0 Å². The Balaban J connectivity index is 2.58. The lowest BCUT2D eigenvalue weighted by atomic mass is 10.2. The topological polar surface area (TPSA) is 30.5 Å². The van der Waals surface area contributed by atoms with Gasteiger partial charge in [0.25, 0.3) is 0 Å². The second kappa shape index (κ2) is 8.67. The molecule has 19 heavy (non-hydrogen) atoms. The normalized spacial score (nSPS) is 10.5. The van der Waals surface area contributed by atoms with Crippen molar-refractivity contribution in [1.82, 2.24) is 5.32 Å². The summed E-state index contributed by atoms with van der Waals surface area (Å²) < 4.78 is 24.2. The zero-order valence-corrected chi connectivity index (χ0v) is 11.7. The van der Waals surface area contributed by atoms with E-state index in [4.69, 9.17) is 9.47 Å². The summed E-state index contributed by atoms with van der Waals surface area (Å²) in [6, 6.07) is 4.96. The van der Waals surface area contributed by atoms with Gasteiger partial charge in [0.15, 0.2) is 11.6 Å². The fourth-order valence-corrected chi connectivity index (χ4v) is 1.58. The molecule has 3 nitrogen and oxygen atoms in total. The van der Waals surface area contributed by atoms with Gasteiger partial charge < -0.3 is 14.8 Å². The maximum Gasteiger partial charge on any atom is 0.165 e. The maximum atomic E-state index is 13.8. The fourth-order valence-electron chi connectivity index (χ4n) is 1.58. The summed E-state index contributed by atoms with van der Waals surface area (Å²) >= 11 is 0. The van der Waals surface area contributed by atoms with Gasteiger partial charge in [0.05, 0.1) is 13.2 Å². The molecule has 0 bridgehead atoms. The van der Waals surface area contributed by atoms with E-state index < -0.39 is 0 Å². The van der Waals surface area contributed by atoms with Gasteiger partial charge in [-0.25, -0.2) is 4.39 Å².